The number of nitrogens with one attached hydrogen (secondary N) is 3. The van der Waals surface area contributed by atoms with Crippen LogP contribution in [-0.2, 0) is 29.1 Å². The molecule has 3 saturated carbocycles. The summed E-state index contributed by atoms with van der Waals surface area (Å²) >= 11 is 0. The molecule has 1 aliphatic heterocycles. The van der Waals surface area contributed by atoms with Crippen LogP contribution in [-0.4, -0.2) is 91.9 Å². The van der Waals surface area contributed by atoms with Gasteiger partial charge in [-0.15, -0.1) is 6.58 Å². The number of hydrogen-bond acceptors (Lipinski definition) is 10. The highest BCUT2D eigenvalue weighted by atomic mass is 32.2. The van der Waals surface area contributed by atoms with Crippen molar-refractivity contribution in [2.24, 2.45) is 16.7 Å². The van der Waals surface area contributed by atoms with E-state index in [-0.39, 0.29) is 31.5 Å². The highest BCUT2D eigenvalue weighted by Gasteiger charge is 2.60. The van der Waals surface area contributed by atoms with E-state index in [1.807, 2.05) is 39.0 Å². The van der Waals surface area contributed by atoms with Gasteiger partial charge in [-0.05, 0) is 79.5 Å². The molecule has 0 radical (unpaired) electrons. The molecule has 4 aliphatic rings. The molecule has 6 rings (SSSR count). The molecule has 14 nitrogen and oxygen atoms in total. The Kier molecular flexibility index (Phi) is 9.96. The Morgan fingerprint density at radius 2 is 1.86 bits per heavy atom. The zero-order chi connectivity index (χ0) is 36.7. The van der Waals surface area contributed by atoms with Crippen molar-refractivity contribution in [2.45, 2.75) is 95.3 Å². The van der Waals surface area contributed by atoms with Gasteiger partial charge in [0.25, 0.3) is 0 Å². The Morgan fingerprint density at radius 3 is 2.47 bits per heavy atom. The summed E-state index contributed by atoms with van der Waals surface area (Å²) in [5.74, 6) is -1.06. The lowest BCUT2D eigenvalue weighted by Gasteiger charge is -2.36. The summed E-state index contributed by atoms with van der Waals surface area (Å²) in [6, 6.07) is 5.21. The Morgan fingerprint density at radius 1 is 1.12 bits per heavy atom. The number of amides is 4. The fraction of sp³-hybridized carbons (Fsp3) is 0.583. The molecule has 0 bridgehead atoms. The molecule has 15 heteroatoms. The first-order valence-electron chi connectivity index (χ1n) is 17.5. The van der Waals surface area contributed by atoms with Gasteiger partial charge >= 0.3 is 6.09 Å². The largest absolute Gasteiger partial charge is 0.497 e. The molecule has 3 aliphatic carbocycles. The smallest absolute Gasteiger partial charge is 0.408 e. The highest BCUT2D eigenvalue weighted by Crippen LogP contribution is 2.53. The van der Waals surface area contributed by atoms with E-state index < -0.39 is 68.1 Å². The van der Waals surface area contributed by atoms with Crippen molar-refractivity contribution in [1.29, 1.82) is 0 Å². The highest BCUT2D eigenvalue weighted by molar-refractivity contribution is 7.90. The van der Waals surface area contributed by atoms with E-state index in [2.05, 4.69) is 26.9 Å². The molecule has 1 aromatic carbocycles. The number of carbonyl (C=O) groups excluding carboxylic acids is 4. The average Bonchev–Trinajstić information content (AvgIpc) is 3.99. The predicted molar refractivity (Wildman–Crippen MR) is 187 cm³/mol. The molecule has 2 aromatic rings. The molecule has 51 heavy (non-hydrogen) atoms. The van der Waals surface area contributed by atoms with Crippen molar-refractivity contribution in [1.82, 2.24) is 25.2 Å². The molecule has 1 aromatic heterocycles. The third kappa shape index (κ3) is 7.77. The van der Waals surface area contributed by atoms with E-state index in [0.717, 1.165) is 30.0 Å². The minimum Gasteiger partial charge on any atom is -0.497 e. The lowest BCUT2D eigenvalue weighted by Crippen LogP contribution is -2.58. The van der Waals surface area contributed by atoms with Gasteiger partial charge in [-0.3, -0.25) is 19.1 Å². The molecular formula is C36H47N5O9S. The summed E-state index contributed by atoms with van der Waals surface area (Å²) in [7, 11) is -2.23. The van der Waals surface area contributed by atoms with E-state index in [4.69, 9.17) is 14.2 Å². The van der Waals surface area contributed by atoms with Gasteiger partial charge in [0.15, 0.2) is 0 Å². The third-order valence-corrected chi connectivity index (χ3v) is 12.2. The number of rotatable bonds is 13. The second kappa shape index (κ2) is 14.0. The van der Waals surface area contributed by atoms with E-state index in [1.165, 1.54) is 4.90 Å². The van der Waals surface area contributed by atoms with Gasteiger partial charge in [0, 0.05) is 24.5 Å². The van der Waals surface area contributed by atoms with Gasteiger partial charge < -0.3 is 29.7 Å². The number of hydrogen-bond donors (Lipinski definition) is 3. The molecule has 1 saturated heterocycles. The number of nitrogens with zero attached hydrogens (tertiary/aromatic N) is 2. The van der Waals surface area contributed by atoms with Gasteiger partial charge in [0.2, 0.25) is 33.6 Å². The summed E-state index contributed by atoms with van der Waals surface area (Å²) in [5.41, 5.74) is -1.94. The van der Waals surface area contributed by atoms with Crippen LogP contribution in [0, 0.1) is 16.7 Å². The Bertz CT molecular complexity index is 1820. The lowest BCUT2D eigenvalue weighted by molar-refractivity contribution is -0.142. The number of likely N-dealkylation sites (tertiary alicyclic amines) is 1. The van der Waals surface area contributed by atoms with Crippen LogP contribution in [0.4, 0.5) is 4.79 Å². The normalized spacial score (nSPS) is 25.3. The molecule has 0 unspecified atom stereocenters. The molecule has 4 fully saturated rings. The van der Waals surface area contributed by atoms with Gasteiger partial charge in [-0.1, -0.05) is 26.8 Å². The lowest BCUT2D eigenvalue weighted by atomic mass is 9.85. The Labute approximate surface area is 298 Å². The fourth-order valence-electron chi connectivity index (χ4n) is 6.73. The van der Waals surface area contributed by atoms with E-state index in [1.54, 1.807) is 25.4 Å². The van der Waals surface area contributed by atoms with Crippen LogP contribution in [0.5, 0.6) is 11.6 Å². The third-order valence-electron chi connectivity index (χ3n) is 10.4. The fourth-order valence-corrected chi connectivity index (χ4v) is 8.12. The van der Waals surface area contributed by atoms with E-state index in [0.29, 0.717) is 30.9 Å². The molecule has 0 spiro atoms. The SMILES string of the molecule is C=C[C@@H]1C[C@]1(CNC(=O)[C@@H]1C[C@@H](Oc2nccc3cc(OC)ccc23)CN1C(=O)[C@@H](NC(=O)OC1CCC1)C(C)(C)C)C(=O)NS(=O)(=O)C1CC1. The monoisotopic (exact) mass is 725 g/mol. The van der Waals surface area contributed by atoms with Gasteiger partial charge in [-0.2, -0.15) is 0 Å². The van der Waals surface area contributed by atoms with Crippen LogP contribution in [0.25, 0.3) is 10.8 Å². The summed E-state index contributed by atoms with van der Waals surface area (Å²) < 4.78 is 44.6. The number of carbonyl (C=O) groups is 4. The predicted octanol–water partition coefficient (Wildman–Crippen LogP) is 3.20. The Balaban J connectivity index is 1.23. The van der Waals surface area contributed by atoms with Gasteiger partial charge in [-0.25, -0.2) is 18.2 Å². The van der Waals surface area contributed by atoms with Crippen molar-refractivity contribution >= 4 is 44.6 Å². The van der Waals surface area contributed by atoms with Crippen LogP contribution >= 0.6 is 0 Å². The molecule has 4 amide bonds. The van der Waals surface area contributed by atoms with Crippen LogP contribution in [0.3, 0.4) is 0 Å². The van der Waals surface area contributed by atoms with Crippen LogP contribution < -0.4 is 24.8 Å². The number of fused-ring (bicyclic) bond motifs is 1. The number of ether oxygens (including phenoxy) is 3. The number of alkyl carbamates (subject to hydrolysis) is 1. The van der Waals surface area contributed by atoms with Gasteiger partial charge in [0.05, 0.1) is 24.3 Å². The first kappa shape index (κ1) is 36.4. The number of aromatic nitrogens is 1. The van der Waals surface area contributed by atoms with Crippen molar-refractivity contribution in [3.8, 4) is 11.6 Å². The number of benzene rings is 1. The summed E-state index contributed by atoms with van der Waals surface area (Å²) in [5, 5.41) is 6.55. The standard InChI is InChI=1S/C36H47N5O9S/c1-6-22-18-36(22,33(44)40-51(46,47)26-11-12-26)20-38-30(42)28-17-25(49-31-27-13-10-24(48-5)16-21(27)14-15-37-31)19-41(28)32(43)29(35(2,3)4)39-34(45)50-23-8-7-9-23/h6,10,13-16,22-23,25-26,28-29H,1,7-9,11-12,17-20H2,2-5H3,(H,38,42)(H,39,45)(H,40,44)/t22-,25-,28+,29-,36-/m1/s1. The van der Waals surface area contributed by atoms with E-state index in [9.17, 15) is 27.6 Å². The zero-order valence-corrected chi connectivity index (χ0v) is 30.3. The maximum atomic E-state index is 14.4. The minimum atomic E-state index is -3.81. The summed E-state index contributed by atoms with van der Waals surface area (Å²) in [6.45, 7) is 9.09. The molecule has 276 valence electrons. The minimum absolute atomic E-state index is 0.0115. The second-order valence-electron chi connectivity index (χ2n) is 15.2. The van der Waals surface area contributed by atoms with Crippen LogP contribution in [0.2, 0.25) is 0 Å². The molecule has 3 N–H and O–H groups in total. The van der Waals surface area contributed by atoms with Crippen molar-refractivity contribution in [3.63, 3.8) is 0 Å². The van der Waals surface area contributed by atoms with Crippen LogP contribution in [0.15, 0.2) is 43.1 Å². The first-order chi connectivity index (χ1) is 24.1. The van der Waals surface area contributed by atoms with Crippen molar-refractivity contribution in [3.05, 3.63) is 43.1 Å². The van der Waals surface area contributed by atoms with E-state index >= 15 is 0 Å². The molecular weight excluding hydrogens is 678 g/mol. The number of methoxy groups -OCH3 is 1. The Hall–Kier alpha value is -4.40. The molecule has 2 heterocycles. The first-order valence-corrected chi connectivity index (χ1v) is 19.0. The van der Waals surface area contributed by atoms with Crippen molar-refractivity contribution in [2.75, 3.05) is 20.2 Å². The molecule has 5 atom stereocenters. The zero-order valence-electron chi connectivity index (χ0n) is 29.5. The van der Waals surface area contributed by atoms with Crippen LogP contribution in [0.1, 0.15) is 65.7 Å². The second-order valence-corrected chi connectivity index (χ2v) is 17.1. The quantitative estimate of drug-likeness (QED) is 0.260. The summed E-state index contributed by atoms with van der Waals surface area (Å²) in [6.07, 6.45) is 5.55. The van der Waals surface area contributed by atoms with Gasteiger partial charge in [0.1, 0.15) is 30.0 Å². The number of sulfonamides is 1. The number of pyridine rings is 1. The van der Waals surface area contributed by atoms with Crippen molar-refractivity contribution < 1.29 is 41.8 Å². The topological polar surface area (TPSA) is 182 Å². The maximum Gasteiger partial charge on any atom is 0.408 e. The average molecular weight is 726 g/mol. The maximum absolute atomic E-state index is 14.4. The summed E-state index contributed by atoms with van der Waals surface area (Å²) in [4.78, 5) is 60.5. The number of allylic oxidation sites excluding steroid dienone is 1.